The van der Waals surface area contributed by atoms with Crippen molar-refractivity contribution >= 4 is 35.8 Å². The summed E-state index contributed by atoms with van der Waals surface area (Å²) in [6.45, 7) is 64.3. The van der Waals surface area contributed by atoms with E-state index in [-0.39, 0.29) is 67.9 Å². The van der Waals surface area contributed by atoms with Gasteiger partial charge in [-0.2, -0.15) is 0 Å². The van der Waals surface area contributed by atoms with Gasteiger partial charge in [0.05, 0.1) is 33.4 Å². The van der Waals surface area contributed by atoms with Gasteiger partial charge in [-0.25, -0.2) is 28.8 Å². The van der Waals surface area contributed by atoms with Gasteiger partial charge in [0, 0.05) is 66.8 Å². The van der Waals surface area contributed by atoms with Gasteiger partial charge in [0.15, 0.2) is 24.4 Å². The number of esters is 6. The summed E-state index contributed by atoms with van der Waals surface area (Å²) in [4.78, 5) is 96.4. The fraction of sp³-hybridized carbons (Fsp3) is 0.562. The highest BCUT2D eigenvalue weighted by Crippen LogP contribution is 2.48. The zero-order valence-corrected chi connectivity index (χ0v) is 75.2. The second kappa shape index (κ2) is 32.2. The van der Waals surface area contributed by atoms with Crippen LogP contribution < -0.4 is 0 Å². The molecule has 0 spiro atoms. The molecular weight excluding hydrogens is 1440 g/mol. The highest BCUT2D eigenvalue weighted by molar-refractivity contribution is 5.95. The molecule has 0 saturated heterocycles. The Morgan fingerprint density at radius 1 is 0.211 bits per heavy atom. The van der Waals surface area contributed by atoms with Crippen LogP contribution in [-0.2, 0) is 93.4 Å². The van der Waals surface area contributed by atoms with E-state index in [0.29, 0.717) is 66.8 Å². The second-order valence-corrected chi connectivity index (χ2v) is 43.3. The molecule has 626 valence electrons. The molecular formula is C96H134O18. The summed E-state index contributed by atoms with van der Waals surface area (Å²) < 4.78 is 40.6. The van der Waals surface area contributed by atoms with E-state index in [0.717, 1.165) is 0 Å². The van der Waals surface area contributed by atoms with Crippen molar-refractivity contribution in [3.05, 3.63) is 173 Å². The molecule has 0 unspecified atom stereocenters. The average molecular weight is 1580 g/mol. The molecule has 0 amide bonds. The summed E-state index contributed by atoms with van der Waals surface area (Å²) in [6.07, 6.45) is -9.20. The summed E-state index contributed by atoms with van der Waals surface area (Å²) in [7, 11) is 0. The molecule has 18 nitrogen and oxygen atoms in total. The lowest BCUT2D eigenvalue weighted by Gasteiger charge is -2.36. The molecule has 6 N–H and O–H groups in total. The zero-order chi connectivity index (χ0) is 87.8. The summed E-state index contributed by atoms with van der Waals surface area (Å²) >= 11 is 0. The second-order valence-electron chi connectivity index (χ2n) is 43.3. The number of hydrogen-bond acceptors (Lipinski definition) is 18. The predicted molar refractivity (Wildman–Crippen MR) is 450 cm³/mol. The maximum Gasteiger partial charge on any atom is 0.338 e. The number of carbonyl (C=O) groups excluding carboxylic acids is 6. The molecule has 4 atom stereocenters. The molecule has 6 aromatic carbocycles. The lowest BCUT2D eigenvalue weighted by atomic mass is 9.78. The smallest absolute Gasteiger partial charge is 0.338 e. The molecule has 0 saturated carbocycles. The van der Waals surface area contributed by atoms with Crippen LogP contribution in [-0.4, -0.2) is 104 Å². The topological polar surface area (TPSA) is 279 Å². The van der Waals surface area contributed by atoms with E-state index in [2.05, 4.69) is 0 Å². The van der Waals surface area contributed by atoms with Gasteiger partial charge in [-0.05, 0) is 138 Å². The van der Waals surface area contributed by atoms with Crippen LogP contribution in [0.15, 0.2) is 72.8 Å². The van der Waals surface area contributed by atoms with Gasteiger partial charge in [0.2, 0.25) is 0 Å². The molecule has 18 heteroatoms. The Morgan fingerprint density at radius 3 is 0.447 bits per heavy atom. The van der Waals surface area contributed by atoms with E-state index in [4.69, 9.17) is 28.4 Å². The molecule has 0 aliphatic carbocycles. The fourth-order valence-corrected chi connectivity index (χ4v) is 13.8. The molecule has 0 aromatic heterocycles. The Kier molecular flexibility index (Phi) is 26.5. The largest absolute Gasteiger partial charge is 0.507 e. The molecule has 0 fully saturated rings. The van der Waals surface area contributed by atoms with Crippen molar-refractivity contribution < 1.29 is 87.8 Å². The van der Waals surface area contributed by atoms with Crippen LogP contribution in [0.3, 0.4) is 0 Å². The minimum atomic E-state index is -2.39. The van der Waals surface area contributed by atoms with Crippen LogP contribution in [0.1, 0.15) is 378 Å². The standard InChI is InChI=1S/C96H134O18/c1-85(2,3)57-37-51(38-58(71(57)97)86(4,5)6)79(103)109-49-69(111-81(105)53-41-61(89(13,14)15)73(99)62(42-53)90(16,17)18)77(113-83(107)55-45-65(93(25,26)27)75(101)66(46-55)94(28,29)30)78(114-84(108)56-47-67(95(31,32)33)76(102)68(48-56)96(34,35)36)70(112-82(106)54-43-63(91(19,20)21)74(100)64(44-54)92(22,23)24)50-110-80(104)52-39-59(87(7,8)9)72(98)60(40-52)88(10,11)12/h37-48,69-70,77-78,97-102H,49-50H2,1-36H3/t69-,70-,77-,78-/m1/s1. The Morgan fingerprint density at radius 2 is 0.325 bits per heavy atom. The number of phenols is 6. The van der Waals surface area contributed by atoms with Crippen LogP contribution in [0.5, 0.6) is 34.5 Å². The first-order valence-electron chi connectivity index (χ1n) is 39.6. The van der Waals surface area contributed by atoms with E-state index < -0.39 is 138 Å². The molecule has 0 aliphatic heterocycles. The first-order chi connectivity index (χ1) is 51.1. The number of rotatable bonds is 17. The lowest BCUT2D eigenvalue weighted by Crippen LogP contribution is -2.55. The molecule has 0 radical (unpaired) electrons. The van der Waals surface area contributed by atoms with Crippen molar-refractivity contribution in [2.24, 2.45) is 0 Å². The molecule has 0 bridgehead atoms. The van der Waals surface area contributed by atoms with Gasteiger partial charge in [-0.1, -0.05) is 249 Å². The maximum atomic E-state index is 16.5. The summed E-state index contributed by atoms with van der Waals surface area (Å²) in [6, 6.07) is 17.5. The molecule has 6 aromatic rings. The van der Waals surface area contributed by atoms with E-state index in [1.165, 1.54) is 72.8 Å². The molecule has 114 heavy (non-hydrogen) atoms. The van der Waals surface area contributed by atoms with Crippen molar-refractivity contribution in [1.82, 2.24) is 0 Å². The van der Waals surface area contributed by atoms with E-state index in [1.807, 2.05) is 249 Å². The number of ether oxygens (including phenoxy) is 6. The van der Waals surface area contributed by atoms with Crippen LogP contribution in [0, 0.1) is 0 Å². The van der Waals surface area contributed by atoms with Gasteiger partial charge in [-0.3, -0.25) is 0 Å². The Bertz CT molecular complexity index is 4140. The van der Waals surface area contributed by atoms with E-state index >= 15 is 28.8 Å². The molecule has 0 heterocycles. The number of phenolic OH excluding ortho intramolecular Hbond substituents is 6. The van der Waals surface area contributed by atoms with Gasteiger partial charge >= 0.3 is 35.8 Å². The quantitative estimate of drug-likeness (QED) is 0.0366. The Balaban J connectivity index is 1.93. The average Bonchev–Trinajstić information content (AvgIpc) is 0.802. The van der Waals surface area contributed by atoms with Crippen molar-refractivity contribution in [2.45, 2.75) is 339 Å². The number of carbonyl (C=O) groups is 6. The molecule has 6 rings (SSSR count). The predicted octanol–water partition coefficient (Wildman–Crippen LogP) is 21.4. The third-order valence-corrected chi connectivity index (χ3v) is 20.6. The van der Waals surface area contributed by atoms with Crippen molar-refractivity contribution in [1.29, 1.82) is 0 Å². The lowest BCUT2D eigenvalue weighted by molar-refractivity contribution is -0.138. The first kappa shape index (κ1) is 93.8. The van der Waals surface area contributed by atoms with E-state index in [9.17, 15) is 30.6 Å². The van der Waals surface area contributed by atoms with Gasteiger partial charge in [0.25, 0.3) is 0 Å². The van der Waals surface area contributed by atoms with E-state index in [1.54, 1.807) is 0 Å². The number of benzene rings is 6. The first-order valence-corrected chi connectivity index (χ1v) is 39.6. The third-order valence-electron chi connectivity index (χ3n) is 20.6. The maximum absolute atomic E-state index is 16.5. The van der Waals surface area contributed by atoms with Crippen molar-refractivity contribution in [3.8, 4) is 34.5 Å². The van der Waals surface area contributed by atoms with Crippen LogP contribution in [0.25, 0.3) is 0 Å². The minimum absolute atomic E-state index is 0.0583. The van der Waals surface area contributed by atoms with Crippen LogP contribution in [0.4, 0.5) is 0 Å². The van der Waals surface area contributed by atoms with Crippen molar-refractivity contribution in [2.75, 3.05) is 13.2 Å². The number of aromatic hydroxyl groups is 6. The highest BCUT2D eigenvalue weighted by Gasteiger charge is 2.49. The summed E-state index contributed by atoms with van der Waals surface area (Å²) in [5.74, 6) is -7.36. The fourth-order valence-electron chi connectivity index (χ4n) is 13.8. The Labute approximate surface area is 679 Å². The normalized spacial score (nSPS) is 14.3. The molecule has 0 aliphatic rings. The highest BCUT2D eigenvalue weighted by atomic mass is 16.6. The third kappa shape index (κ3) is 21.9. The van der Waals surface area contributed by atoms with Gasteiger partial charge in [0.1, 0.15) is 47.7 Å². The summed E-state index contributed by atoms with van der Waals surface area (Å²) in [5, 5.41) is 72.7. The monoisotopic (exact) mass is 1570 g/mol. The van der Waals surface area contributed by atoms with Crippen LogP contribution >= 0.6 is 0 Å². The zero-order valence-electron chi connectivity index (χ0n) is 75.2. The number of hydrogen-bond donors (Lipinski definition) is 6. The summed E-state index contributed by atoms with van der Waals surface area (Å²) in [5.41, 5.74) is -6.60. The van der Waals surface area contributed by atoms with Gasteiger partial charge in [-0.15, -0.1) is 0 Å². The SMILES string of the molecule is CC(C)(C)c1cc(C(=O)OC[C@@H](OC(=O)c2cc(C(C)(C)C)c(O)c(C(C)(C)C)c2)[C@@H](OC(=O)c2cc(C(C)(C)C)c(O)c(C(C)(C)C)c2)[C@H](OC(=O)c2cc(C(C)(C)C)c(O)c(C(C)(C)C)c2)[C@@H](COC(=O)c2cc(C(C)(C)C)c(O)c(C(C)(C)C)c2)OC(=O)c2cc(C(C)(C)C)c(O)c(C(C)(C)C)c2)cc(C(C)(C)C)c1O. The van der Waals surface area contributed by atoms with Gasteiger partial charge < -0.3 is 59.1 Å². The minimum Gasteiger partial charge on any atom is -0.507 e. The van der Waals surface area contributed by atoms with Crippen LogP contribution in [0.2, 0.25) is 0 Å². The Hall–Kier alpha value is -9.06. The van der Waals surface area contributed by atoms with Crippen molar-refractivity contribution in [3.63, 3.8) is 0 Å².